The quantitative estimate of drug-likeness (QED) is 0.700. The van der Waals surface area contributed by atoms with Crippen molar-refractivity contribution in [1.82, 2.24) is 4.98 Å². The molecular formula is C16H13FN2O. The van der Waals surface area contributed by atoms with Gasteiger partial charge in [0.25, 0.3) is 0 Å². The van der Waals surface area contributed by atoms with Crippen LogP contribution in [0, 0.1) is 5.82 Å². The highest BCUT2D eigenvalue weighted by atomic mass is 19.1. The average Bonchev–Trinajstić information content (AvgIpc) is 2.77. The number of benzene rings is 2. The average molecular weight is 268 g/mol. The minimum Gasteiger partial charge on any atom is -0.494 e. The van der Waals surface area contributed by atoms with Crippen LogP contribution in [0.5, 0.6) is 5.88 Å². The first-order valence-corrected chi connectivity index (χ1v) is 6.28. The Morgan fingerprint density at radius 2 is 1.85 bits per heavy atom. The molecule has 0 saturated carbocycles. The summed E-state index contributed by atoms with van der Waals surface area (Å²) in [5.41, 5.74) is 2.00. The molecule has 3 nitrogen and oxygen atoms in total. The highest BCUT2D eigenvalue weighted by Gasteiger charge is 2.07. The maximum absolute atomic E-state index is 13.5. The van der Waals surface area contributed by atoms with E-state index < -0.39 is 0 Å². The number of H-pyrrole nitrogens is 1. The molecule has 0 atom stereocenters. The van der Waals surface area contributed by atoms with Gasteiger partial charge in [0.15, 0.2) is 5.88 Å². The number of aromatic amines is 1. The molecule has 0 saturated heterocycles. The summed E-state index contributed by atoms with van der Waals surface area (Å²) in [5, 5.41) is 10.8. The van der Waals surface area contributed by atoms with Crippen molar-refractivity contribution < 1.29 is 9.50 Å². The molecule has 0 aliphatic carbocycles. The lowest BCUT2D eigenvalue weighted by Gasteiger charge is -1.98. The highest BCUT2D eigenvalue weighted by Crippen LogP contribution is 2.25. The number of para-hydroxylation sites is 1. The van der Waals surface area contributed by atoms with Crippen LogP contribution in [0.3, 0.4) is 0 Å². The fraction of sp³-hybridized carbons (Fsp3) is 0.0625. The molecule has 1 heterocycles. The maximum Gasteiger partial charge on any atom is 0.198 e. The normalized spacial score (nSPS) is 11.4. The van der Waals surface area contributed by atoms with Gasteiger partial charge in [-0.3, -0.25) is 4.99 Å². The van der Waals surface area contributed by atoms with Crippen molar-refractivity contribution in [3.63, 3.8) is 0 Å². The smallest absolute Gasteiger partial charge is 0.198 e. The third-order valence-electron chi connectivity index (χ3n) is 3.17. The van der Waals surface area contributed by atoms with E-state index in [1.807, 2.05) is 24.3 Å². The molecule has 0 bridgehead atoms. The number of halogens is 1. The summed E-state index contributed by atoms with van der Waals surface area (Å²) >= 11 is 0. The molecule has 3 aromatic rings. The molecule has 0 aliphatic heterocycles. The number of nitrogens with zero attached hydrogens (tertiary/aromatic N) is 1. The molecule has 3 rings (SSSR count). The van der Waals surface area contributed by atoms with Crippen LogP contribution in [0.25, 0.3) is 10.9 Å². The Morgan fingerprint density at radius 3 is 2.70 bits per heavy atom. The van der Waals surface area contributed by atoms with E-state index in [2.05, 4.69) is 9.98 Å². The molecule has 2 aromatic carbocycles. The summed E-state index contributed by atoms with van der Waals surface area (Å²) in [6.07, 6.45) is 1.57. The monoisotopic (exact) mass is 268 g/mol. The molecule has 0 radical (unpaired) electrons. The molecule has 1 aromatic heterocycles. The number of fused-ring (bicyclic) bond motifs is 1. The van der Waals surface area contributed by atoms with Crippen LogP contribution < -0.4 is 0 Å². The predicted molar refractivity (Wildman–Crippen MR) is 77.7 cm³/mol. The second-order valence-electron chi connectivity index (χ2n) is 4.49. The zero-order chi connectivity index (χ0) is 13.9. The van der Waals surface area contributed by atoms with Crippen LogP contribution in [-0.4, -0.2) is 16.3 Å². The molecule has 0 fully saturated rings. The van der Waals surface area contributed by atoms with Crippen molar-refractivity contribution in [2.75, 3.05) is 0 Å². The van der Waals surface area contributed by atoms with Crippen LogP contribution in [0.2, 0.25) is 0 Å². The topological polar surface area (TPSA) is 48.4 Å². The Morgan fingerprint density at radius 1 is 1.10 bits per heavy atom. The zero-order valence-corrected chi connectivity index (χ0v) is 10.7. The summed E-state index contributed by atoms with van der Waals surface area (Å²) < 4.78 is 13.5. The number of aromatic hydroxyl groups is 1. The SMILES string of the molecule is Oc1[nH]c2ccccc2c1C=NCc1ccccc1F. The van der Waals surface area contributed by atoms with E-state index >= 15 is 0 Å². The van der Waals surface area contributed by atoms with Crippen molar-refractivity contribution in [3.8, 4) is 5.88 Å². The van der Waals surface area contributed by atoms with E-state index in [0.29, 0.717) is 11.1 Å². The molecule has 20 heavy (non-hydrogen) atoms. The molecule has 0 spiro atoms. The van der Waals surface area contributed by atoms with Crippen molar-refractivity contribution in [1.29, 1.82) is 0 Å². The Balaban J connectivity index is 1.88. The second kappa shape index (κ2) is 5.17. The molecule has 0 amide bonds. The highest BCUT2D eigenvalue weighted by molar-refractivity contribution is 6.01. The van der Waals surface area contributed by atoms with Gasteiger partial charge >= 0.3 is 0 Å². The van der Waals surface area contributed by atoms with E-state index in [4.69, 9.17) is 0 Å². The predicted octanol–water partition coefficient (Wildman–Crippen LogP) is 3.63. The zero-order valence-electron chi connectivity index (χ0n) is 10.7. The molecule has 100 valence electrons. The fourth-order valence-corrected chi connectivity index (χ4v) is 2.14. The van der Waals surface area contributed by atoms with Crippen molar-refractivity contribution in [2.45, 2.75) is 6.54 Å². The van der Waals surface area contributed by atoms with E-state index in [1.165, 1.54) is 6.07 Å². The Hall–Kier alpha value is -2.62. The number of nitrogens with one attached hydrogen (secondary N) is 1. The molecule has 0 unspecified atom stereocenters. The van der Waals surface area contributed by atoms with Crippen molar-refractivity contribution in [2.24, 2.45) is 4.99 Å². The molecule has 4 heteroatoms. The molecule has 0 aliphatic rings. The lowest BCUT2D eigenvalue weighted by atomic mass is 10.2. The first-order chi connectivity index (χ1) is 9.75. The van der Waals surface area contributed by atoms with E-state index in [-0.39, 0.29) is 18.2 Å². The van der Waals surface area contributed by atoms with Crippen LogP contribution >= 0.6 is 0 Å². The van der Waals surface area contributed by atoms with Crippen molar-refractivity contribution >= 4 is 17.1 Å². The fourth-order valence-electron chi connectivity index (χ4n) is 2.14. The van der Waals surface area contributed by atoms with Gasteiger partial charge in [-0.25, -0.2) is 4.39 Å². The Bertz CT molecular complexity index is 777. The first-order valence-electron chi connectivity index (χ1n) is 6.28. The first kappa shape index (κ1) is 12.4. The van der Waals surface area contributed by atoms with Crippen LogP contribution in [0.15, 0.2) is 53.5 Å². The lowest BCUT2D eigenvalue weighted by Crippen LogP contribution is -1.88. The van der Waals surface area contributed by atoms with Crippen molar-refractivity contribution in [3.05, 3.63) is 65.5 Å². The van der Waals surface area contributed by atoms with E-state index in [0.717, 1.165) is 10.9 Å². The standard InChI is InChI=1S/C16H13FN2O/c17-14-7-3-1-5-11(14)9-18-10-13-12-6-2-4-8-15(12)19-16(13)20/h1-8,10,19-20H,9H2. The van der Waals surface area contributed by atoms with Crippen LogP contribution in [0.4, 0.5) is 4.39 Å². The number of aliphatic imine (C=N–C) groups is 1. The summed E-state index contributed by atoms with van der Waals surface area (Å²) in [4.78, 5) is 7.09. The van der Waals surface area contributed by atoms with Gasteiger partial charge in [0.05, 0.1) is 12.1 Å². The Labute approximate surface area is 115 Å². The van der Waals surface area contributed by atoms with Gasteiger partial charge in [0, 0.05) is 22.7 Å². The van der Waals surface area contributed by atoms with Gasteiger partial charge in [0.1, 0.15) is 5.82 Å². The van der Waals surface area contributed by atoms with Crippen LogP contribution in [0.1, 0.15) is 11.1 Å². The summed E-state index contributed by atoms with van der Waals surface area (Å²) in [6, 6.07) is 14.1. The summed E-state index contributed by atoms with van der Waals surface area (Å²) in [6.45, 7) is 0.242. The number of rotatable bonds is 3. The second-order valence-corrected chi connectivity index (χ2v) is 4.49. The summed E-state index contributed by atoms with van der Waals surface area (Å²) in [7, 11) is 0. The van der Waals surface area contributed by atoms with E-state index in [1.54, 1.807) is 24.4 Å². The Kier molecular flexibility index (Phi) is 3.21. The van der Waals surface area contributed by atoms with Gasteiger partial charge in [-0.05, 0) is 12.1 Å². The minimum atomic E-state index is -0.271. The minimum absolute atomic E-state index is 0.0727. The van der Waals surface area contributed by atoms with Gasteiger partial charge < -0.3 is 10.1 Å². The van der Waals surface area contributed by atoms with Gasteiger partial charge in [-0.15, -0.1) is 0 Å². The third-order valence-corrected chi connectivity index (χ3v) is 3.17. The number of aromatic nitrogens is 1. The van der Waals surface area contributed by atoms with E-state index in [9.17, 15) is 9.50 Å². The number of hydrogen-bond donors (Lipinski definition) is 2. The van der Waals surface area contributed by atoms with Gasteiger partial charge in [0.2, 0.25) is 0 Å². The summed E-state index contributed by atoms with van der Waals surface area (Å²) in [5.74, 6) is -0.198. The number of hydrogen-bond acceptors (Lipinski definition) is 2. The largest absolute Gasteiger partial charge is 0.494 e. The van der Waals surface area contributed by atoms with Crippen LogP contribution in [-0.2, 0) is 6.54 Å². The maximum atomic E-state index is 13.5. The molecule has 2 N–H and O–H groups in total. The lowest BCUT2D eigenvalue weighted by molar-refractivity contribution is 0.457. The third kappa shape index (κ3) is 2.28. The van der Waals surface area contributed by atoms with Gasteiger partial charge in [-0.1, -0.05) is 36.4 Å². The van der Waals surface area contributed by atoms with Gasteiger partial charge in [-0.2, -0.15) is 0 Å². The molecular weight excluding hydrogens is 255 g/mol.